The van der Waals surface area contributed by atoms with Crippen LogP contribution in [0.15, 0.2) is 60.7 Å². The van der Waals surface area contributed by atoms with E-state index in [-0.39, 0.29) is 24.4 Å². The first-order chi connectivity index (χ1) is 12.7. The lowest BCUT2D eigenvalue weighted by Crippen LogP contribution is -2.39. The predicted octanol–water partition coefficient (Wildman–Crippen LogP) is 5.48. The molecule has 0 fully saturated rings. The minimum Gasteiger partial charge on any atom is -0.344 e. The molecule has 2 aromatic rings. The molecule has 1 amide bonds. The summed E-state index contributed by atoms with van der Waals surface area (Å²) in [6.07, 6.45) is 4.76. The van der Waals surface area contributed by atoms with Crippen molar-refractivity contribution in [2.75, 3.05) is 19.6 Å². The second-order valence-corrected chi connectivity index (χ2v) is 6.81. The maximum absolute atomic E-state index is 12.7. The Kier molecular flexibility index (Phi) is 11.5. The highest BCUT2D eigenvalue weighted by molar-refractivity contribution is 5.94. The van der Waals surface area contributed by atoms with Crippen molar-refractivity contribution in [3.63, 3.8) is 0 Å². The van der Waals surface area contributed by atoms with Gasteiger partial charge in [-0.05, 0) is 43.6 Å². The molecule has 0 aliphatic carbocycles. The lowest BCUT2D eigenvalue weighted by atomic mass is 10.0. The van der Waals surface area contributed by atoms with Crippen LogP contribution in [-0.4, -0.2) is 30.4 Å². The van der Waals surface area contributed by atoms with Crippen molar-refractivity contribution in [1.82, 2.24) is 10.2 Å². The molecule has 1 unspecified atom stereocenters. The molecule has 0 saturated heterocycles. The van der Waals surface area contributed by atoms with Crippen molar-refractivity contribution in [2.24, 2.45) is 0 Å². The van der Waals surface area contributed by atoms with Crippen molar-refractivity contribution in [3.8, 4) is 0 Å². The second-order valence-electron chi connectivity index (χ2n) is 6.81. The SMILES string of the molecule is CCCCN(CCCC)CC(NC(=O)c1ccccc1)c1ccccc1.Cl. The number of carbonyl (C=O) groups is 1. The number of carbonyl (C=O) groups excluding carboxylic acids is 1. The molecule has 0 aliphatic heterocycles. The van der Waals surface area contributed by atoms with Gasteiger partial charge in [0.15, 0.2) is 0 Å². The number of rotatable bonds is 11. The predicted molar refractivity (Wildman–Crippen MR) is 117 cm³/mol. The fourth-order valence-corrected chi connectivity index (χ4v) is 3.07. The zero-order valence-electron chi connectivity index (χ0n) is 16.6. The van der Waals surface area contributed by atoms with Crippen LogP contribution in [0.25, 0.3) is 0 Å². The van der Waals surface area contributed by atoms with Gasteiger partial charge in [0.25, 0.3) is 5.91 Å². The highest BCUT2D eigenvalue weighted by Gasteiger charge is 2.18. The Morgan fingerprint density at radius 1 is 0.889 bits per heavy atom. The number of halogens is 1. The normalized spacial score (nSPS) is 11.7. The first-order valence-corrected chi connectivity index (χ1v) is 9.87. The van der Waals surface area contributed by atoms with E-state index in [4.69, 9.17) is 0 Å². The van der Waals surface area contributed by atoms with Crippen LogP contribution < -0.4 is 5.32 Å². The molecule has 0 aromatic heterocycles. The molecule has 4 heteroatoms. The molecule has 0 saturated carbocycles. The van der Waals surface area contributed by atoms with Crippen molar-refractivity contribution >= 4 is 18.3 Å². The maximum Gasteiger partial charge on any atom is 0.251 e. The standard InChI is InChI=1S/C23H32N2O.ClH/c1-3-5-17-25(18-6-4-2)19-22(20-13-9-7-10-14-20)24-23(26)21-15-11-8-12-16-21;/h7-16,22H,3-6,17-19H2,1-2H3,(H,24,26);1H. The summed E-state index contributed by atoms with van der Waals surface area (Å²) in [5.41, 5.74) is 1.87. The van der Waals surface area contributed by atoms with Crippen molar-refractivity contribution in [3.05, 3.63) is 71.8 Å². The van der Waals surface area contributed by atoms with E-state index in [2.05, 4.69) is 36.2 Å². The van der Waals surface area contributed by atoms with E-state index in [1.165, 1.54) is 25.7 Å². The number of nitrogens with one attached hydrogen (secondary N) is 1. The van der Waals surface area contributed by atoms with Gasteiger partial charge in [-0.2, -0.15) is 0 Å². The molecule has 3 nitrogen and oxygen atoms in total. The molecule has 1 N–H and O–H groups in total. The third-order valence-electron chi connectivity index (χ3n) is 4.64. The quantitative estimate of drug-likeness (QED) is 0.552. The lowest BCUT2D eigenvalue weighted by Gasteiger charge is -2.28. The summed E-state index contributed by atoms with van der Waals surface area (Å²) in [4.78, 5) is 15.2. The van der Waals surface area contributed by atoms with Crippen molar-refractivity contribution in [1.29, 1.82) is 0 Å². The summed E-state index contributed by atoms with van der Waals surface area (Å²) in [7, 11) is 0. The minimum atomic E-state index is -0.00890. The van der Waals surface area contributed by atoms with Gasteiger partial charge in [0.2, 0.25) is 0 Å². The number of amides is 1. The first-order valence-electron chi connectivity index (χ1n) is 9.87. The van der Waals surface area contributed by atoms with Gasteiger partial charge >= 0.3 is 0 Å². The van der Waals surface area contributed by atoms with Gasteiger partial charge in [-0.15, -0.1) is 12.4 Å². The number of hydrogen-bond acceptors (Lipinski definition) is 2. The number of hydrogen-bond donors (Lipinski definition) is 1. The van der Waals surface area contributed by atoms with Crippen LogP contribution in [0.4, 0.5) is 0 Å². The molecule has 1 atom stereocenters. The van der Waals surface area contributed by atoms with Gasteiger partial charge in [0.1, 0.15) is 0 Å². The molecule has 2 aromatic carbocycles. The lowest BCUT2D eigenvalue weighted by molar-refractivity contribution is 0.0923. The Hall–Kier alpha value is -1.84. The summed E-state index contributed by atoms with van der Waals surface area (Å²) in [5.74, 6) is -0.00890. The van der Waals surface area contributed by atoms with Gasteiger partial charge in [0.05, 0.1) is 6.04 Å². The fraction of sp³-hybridized carbons (Fsp3) is 0.435. The fourth-order valence-electron chi connectivity index (χ4n) is 3.07. The molecular formula is C23H33ClN2O. The molecule has 27 heavy (non-hydrogen) atoms. The second kappa shape index (κ2) is 13.3. The van der Waals surface area contributed by atoms with E-state index in [0.29, 0.717) is 5.56 Å². The van der Waals surface area contributed by atoms with E-state index in [0.717, 1.165) is 25.2 Å². The van der Waals surface area contributed by atoms with Crippen LogP contribution in [0.3, 0.4) is 0 Å². The minimum absolute atomic E-state index is 0. The third-order valence-corrected chi connectivity index (χ3v) is 4.64. The Balaban J connectivity index is 0.00000364. The smallest absolute Gasteiger partial charge is 0.251 e. The first kappa shape index (κ1) is 23.2. The van der Waals surface area contributed by atoms with E-state index in [9.17, 15) is 4.79 Å². The van der Waals surface area contributed by atoms with Crippen LogP contribution >= 0.6 is 12.4 Å². The molecule has 2 rings (SSSR count). The summed E-state index contributed by atoms with van der Waals surface area (Å²) in [6.45, 7) is 7.47. The monoisotopic (exact) mass is 388 g/mol. The summed E-state index contributed by atoms with van der Waals surface area (Å²) < 4.78 is 0. The third kappa shape index (κ3) is 8.15. The Bertz CT molecular complexity index is 625. The Morgan fingerprint density at radius 2 is 1.41 bits per heavy atom. The number of unbranched alkanes of at least 4 members (excludes halogenated alkanes) is 2. The topological polar surface area (TPSA) is 32.3 Å². The van der Waals surface area contributed by atoms with Crippen molar-refractivity contribution < 1.29 is 4.79 Å². The van der Waals surface area contributed by atoms with Gasteiger partial charge in [0, 0.05) is 12.1 Å². The van der Waals surface area contributed by atoms with Crippen LogP contribution in [0.5, 0.6) is 0 Å². The summed E-state index contributed by atoms with van der Waals surface area (Å²) >= 11 is 0. The Morgan fingerprint density at radius 3 is 1.93 bits per heavy atom. The zero-order chi connectivity index (χ0) is 18.6. The van der Waals surface area contributed by atoms with Gasteiger partial charge in [-0.25, -0.2) is 0 Å². The highest BCUT2D eigenvalue weighted by Crippen LogP contribution is 2.16. The highest BCUT2D eigenvalue weighted by atomic mass is 35.5. The largest absolute Gasteiger partial charge is 0.344 e. The van der Waals surface area contributed by atoms with Crippen molar-refractivity contribution in [2.45, 2.75) is 45.6 Å². The average molecular weight is 389 g/mol. The number of benzene rings is 2. The summed E-state index contributed by atoms with van der Waals surface area (Å²) in [5, 5.41) is 3.25. The molecule has 0 spiro atoms. The molecule has 0 bridgehead atoms. The van der Waals surface area contributed by atoms with E-state index < -0.39 is 0 Å². The van der Waals surface area contributed by atoms with Crippen LogP contribution in [0.1, 0.15) is 61.5 Å². The molecule has 0 radical (unpaired) electrons. The summed E-state index contributed by atoms with van der Waals surface area (Å²) in [6, 6.07) is 19.8. The maximum atomic E-state index is 12.7. The van der Waals surface area contributed by atoms with Crippen LogP contribution in [-0.2, 0) is 0 Å². The Labute approximate surface area is 170 Å². The van der Waals surface area contributed by atoms with E-state index in [1.807, 2.05) is 48.5 Å². The van der Waals surface area contributed by atoms with Crippen LogP contribution in [0.2, 0.25) is 0 Å². The van der Waals surface area contributed by atoms with Gasteiger partial charge < -0.3 is 10.2 Å². The molecule has 0 aliphatic rings. The zero-order valence-corrected chi connectivity index (χ0v) is 17.4. The molecule has 148 valence electrons. The van der Waals surface area contributed by atoms with Crippen LogP contribution in [0, 0.1) is 0 Å². The average Bonchev–Trinajstić information content (AvgIpc) is 2.70. The van der Waals surface area contributed by atoms with E-state index >= 15 is 0 Å². The van der Waals surface area contributed by atoms with Gasteiger partial charge in [-0.1, -0.05) is 75.2 Å². The molecule has 0 heterocycles. The van der Waals surface area contributed by atoms with Gasteiger partial charge in [-0.3, -0.25) is 4.79 Å². The molecular weight excluding hydrogens is 356 g/mol. The number of nitrogens with zero attached hydrogens (tertiary/aromatic N) is 1. The van der Waals surface area contributed by atoms with E-state index in [1.54, 1.807) is 0 Å².